The number of hydrogen-bond donors (Lipinski definition) is 1. The molecule has 94 valence electrons. The Morgan fingerprint density at radius 1 is 1.22 bits per heavy atom. The van der Waals surface area contributed by atoms with E-state index in [2.05, 4.69) is 29.2 Å². The monoisotopic (exact) mass is 258 g/mol. The molecule has 2 N–H and O–H groups in total. The number of aromatic nitrogens is 1. The first-order chi connectivity index (χ1) is 8.86. The van der Waals surface area contributed by atoms with E-state index < -0.39 is 0 Å². The summed E-state index contributed by atoms with van der Waals surface area (Å²) in [7, 11) is 0. The smallest absolute Gasteiger partial charge is 0.0705 e. The minimum atomic E-state index is 0.128. The number of nitrogens with two attached hydrogens (primary N) is 1. The first-order valence-corrected chi connectivity index (χ1v) is 7.62. The molecule has 3 rings (SSSR count). The van der Waals surface area contributed by atoms with Crippen LogP contribution in [0, 0.1) is 0 Å². The molecule has 2 unspecified atom stereocenters. The molecular formula is C15H18N2S. The van der Waals surface area contributed by atoms with Crippen molar-refractivity contribution >= 4 is 22.7 Å². The molecular weight excluding hydrogens is 240 g/mol. The van der Waals surface area contributed by atoms with E-state index in [1.54, 1.807) is 0 Å². The zero-order valence-electron chi connectivity index (χ0n) is 10.4. The first-order valence-electron chi connectivity index (χ1n) is 6.57. The van der Waals surface area contributed by atoms with Gasteiger partial charge in [-0.25, -0.2) is 0 Å². The molecule has 2 atom stereocenters. The standard InChI is InChI=1S/C15H18N2S/c16-15(14-8-1-2-10-18-14)12-5-3-7-13-11(12)6-4-9-17-13/h3-7,9,14-15H,1-2,8,10,16H2. The van der Waals surface area contributed by atoms with E-state index in [1.807, 2.05) is 24.0 Å². The maximum Gasteiger partial charge on any atom is 0.0705 e. The van der Waals surface area contributed by atoms with E-state index in [4.69, 9.17) is 5.73 Å². The van der Waals surface area contributed by atoms with E-state index in [-0.39, 0.29) is 6.04 Å². The predicted molar refractivity (Wildman–Crippen MR) is 78.8 cm³/mol. The zero-order chi connectivity index (χ0) is 12.4. The Kier molecular flexibility index (Phi) is 3.52. The normalized spacial score (nSPS) is 21.9. The number of hydrogen-bond acceptors (Lipinski definition) is 3. The fourth-order valence-electron chi connectivity index (χ4n) is 2.67. The van der Waals surface area contributed by atoms with Crippen molar-refractivity contribution in [1.29, 1.82) is 0 Å². The fourth-order valence-corrected chi connectivity index (χ4v) is 4.03. The summed E-state index contributed by atoms with van der Waals surface area (Å²) in [5.41, 5.74) is 8.78. The maximum atomic E-state index is 6.49. The van der Waals surface area contributed by atoms with Crippen molar-refractivity contribution in [3.8, 4) is 0 Å². The van der Waals surface area contributed by atoms with E-state index in [0.29, 0.717) is 5.25 Å². The summed E-state index contributed by atoms with van der Waals surface area (Å²) in [6, 6.07) is 10.5. The Morgan fingerprint density at radius 2 is 2.17 bits per heavy atom. The minimum absolute atomic E-state index is 0.128. The van der Waals surface area contributed by atoms with Crippen LogP contribution in [0.1, 0.15) is 30.9 Å². The van der Waals surface area contributed by atoms with E-state index >= 15 is 0 Å². The molecule has 1 fully saturated rings. The number of benzene rings is 1. The van der Waals surface area contributed by atoms with Crippen LogP contribution in [0.2, 0.25) is 0 Å². The molecule has 0 bridgehead atoms. The van der Waals surface area contributed by atoms with Gasteiger partial charge in [-0.15, -0.1) is 0 Å². The van der Waals surface area contributed by atoms with Crippen molar-refractivity contribution in [3.63, 3.8) is 0 Å². The molecule has 0 amide bonds. The van der Waals surface area contributed by atoms with Crippen molar-refractivity contribution in [3.05, 3.63) is 42.1 Å². The number of thioether (sulfide) groups is 1. The van der Waals surface area contributed by atoms with E-state index in [1.165, 1.54) is 36.0 Å². The molecule has 2 nitrogen and oxygen atoms in total. The first kappa shape index (κ1) is 12.0. The van der Waals surface area contributed by atoms with E-state index in [9.17, 15) is 0 Å². The minimum Gasteiger partial charge on any atom is -0.323 e. The molecule has 18 heavy (non-hydrogen) atoms. The molecule has 1 aliphatic heterocycles. The number of nitrogens with zero attached hydrogens (tertiary/aromatic N) is 1. The summed E-state index contributed by atoms with van der Waals surface area (Å²) in [5, 5.41) is 1.77. The van der Waals surface area contributed by atoms with Gasteiger partial charge in [0.2, 0.25) is 0 Å². The van der Waals surface area contributed by atoms with Crippen molar-refractivity contribution in [1.82, 2.24) is 4.98 Å². The SMILES string of the molecule is NC(c1cccc2ncccc12)C1CCCCS1. The highest BCUT2D eigenvalue weighted by molar-refractivity contribution is 8.00. The molecule has 1 aromatic carbocycles. The van der Waals surface area contributed by atoms with Gasteiger partial charge in [-0.3, -0.25) is 4.98 Å². The zero-order valence-corrected chi connectivity index (χ0v) is 11.2. The lowest BCUT2D eigenvalue weighted by molar-refractivity contribution is 0.584. The lowest BCUT2D eigenvalue weighted by Crippen LogP contribution is -2.26. The summed E-state index contributed by atoms with van der Waals surface area (Å²) in [6.45, 7) is 0. The van der Waals surface area contributed by atoms with Crippen LogP contribution in [0.25, 0.3) is 10.9 Å². The second-order valence-electron chi connectivity index (χ2n) is 4.85. The Bertz CT molecular complexity index is 530. The van der Waals surface area contributed by atoms with Crippen LogP contribution >= 0.6 is 11.8 Å². The van der Waals surface area contributed by atoms with Crippen molar-refractivity contribution in [2.45, 2.75) is 30.6 Å². The van der Waals surface area contributed by atoms with Crippen LogP contribution < -0.4 is 5.73 Å². The quantitative estimate of drug-likeness (QED) is 0.895. The van der Waals surface area contributed by atoms with Gasteiger partial charge in [0.25, 0.3) is 0 Å². The van der Waals surface area contributed by atoms with Gasteiger partial charge < -0.3 is 5.73 Å². The topological polar surface area (TPSA) is 38.9 Å². The Labute approximate surface area is 112 Å². The van der Waals surface area contributed by atoms with Crippen molar-refractivity contribution in [2.75, 3.05) is 5.75 Å². The second kappa shape index (κ2) is 5.29. The number of rotatable bonds is 2. The summed E-state index contributed by atoms with van der Waals surface area (Å²) >= 11 is 2.03. The van der Waals surface area contributed by atoms with Crippen LogP contribution in [0.3, 0.4) is 0 Å². The third-order valence-electron chi connectivity index (χ3n) is 3.65. The Hall–Kier alpha value is -1.06. The molecule has 1 aliphatic rings. The molecule has 0 spiro atoms. The number of fused-ring (bicyclic) bond motifs is 1. The van der Waals surface area contributed by atoms with Gasteiger partial charge in [-0.2, -0.15) is 11.8 Å². The lowest BCUT2D eigenvalue weighted by atomic mass is 9.96. The number of pyridine rings is 1. The van der Waals surface area contributed by atoms with Gasteiger partial charge in [0.1, 0.15) is 0 Å². The van der Waals surface area contributed by atoms with E-state index in [0.717, 1.165) is 5.52 Å². The molecule has 0 aliphatic carbocycles. The third-order valence-corrected chi connectivity index (χ3v) is 5.14. The molecule has 2 heterocycles. The van der Waals surface area contributed by atoms with Gasteiger partial charge in [-0.1, -0.05) is 24.6 Å². The summed E-state index contributed by atoms with van der Waals surface area (Å²) in [5.74, 6) is 1.25. The van der Waals surface area contributed by atoms with Crippen molar-refractivity contribution < 1.29 is 0 Å². The highest BCUT2D eigenvalue weighted by Crippen LogP contribution is 2.35. The van der Waals surface area contributed by atoms with Crippen LogP contribution in [0.5, 0.6) is 0 Å². The third kappa shape index (κ3) is 2.25. The Balaban J connectivity index is 1.97. The fraction of sp³-hybridized carbons (Fsp3) is 0.400. The predicted octanol–water partition coefficient (Wildman–Crippen LogP) is 3.52. The van der Waals surface area contributed by atoms with Gasteiger partial charge >= 0.3 is 0 Å². The second-order valence-corrected chi connectivity index (χ2v) is 6.20. The average molecular weight is 258 g/mol. The highest BCUT2D eigenvalue weighted by Gasteiger charge is 2.23. The van der Waals surface area contributed by atoms with Crippen LogP contribution in [0.4, 0.5) is 0 Å². The Morgan fingerprint density at radius 3 is 3.00 bits per heavy atom. The molecule has 3 heteroatoms. The highest BCUT2D eigenvalue weighted by atomic mass is 32.2. The van der Waals surface area contributed by atoms with Crippen LogP contribution in [-0.4, -0.2) is 16.0 Å². The summed E-state index contributed by atoms with van der Waals surface area (Å²) in [6.07, 6.45) is 5.73. The molecule has 1 saturated heterocycles. The van der Waals surface area contributed by atoms with Gasteiger partial charge in [0, 0.05) is 22.9 Å². The van der Waals surface area contributed by atoms with Gasteiger partial charge in [-0.05, 0) is 36.3 Å². The van der Waals surface area contributed by atoms with Crippen LogP contribution in [0.15, 0.2) is 36.5 Å². The molecule has 0 saturated carbocycles. The largest absolute Gasteiger partial charge is 0.323 e. The molecule has 0 radical (unpaired) electrons. The van der Waals surface area contributed by atoms with Crippen LogP contribution in [-0.2, 0) is 0 Å². The lowest BCUT2D eigenvalue weighted by Gasteiger charge is -2.28. The average Bonchev–Trinajstić information content (AvgIpc) is 2.47. The summed E-state index contributed by atoms with van der Waals surface area (Å²) in [4.78, 5) is 4.41. The van der Waals surface area contributed by atoms with Gasteiger partial charge in [0.05, 0.1) is 5.52 Å². The maximum absolute atomic E-state index is 6.49. The molecule has 1 aromatic heterocycles. The van der Waals surface area contributed by atoms with Gasteiger partial charge in [0.15, 0.2) is 0 Å². The molecule has 2 aromatic rings. The van der Waals surface area contributed by atoms with Crippen molar-refractivity contribution in [2.24, 2.45) is 5.73 Å². The summed E-state index contributed by atoms with van der Waals surface area (Å²) < 4.78 is 0.